The number of carbonyl (C=O) groups is 1. The normalized spacial score (nSPS) is 21.7. The summed E-state index contributed by atoms with van der Waals surface area (Å²) in [6.45, 7) is 3.55. The number of aliphatic hydroxyl groups is 1. The molecular weight excluding hydrogens is 371 g/mol. The van der Waals surface area contributed by atoms with Gasteiger partial charge >= 0.3 is 0 Å². The van der Waals surface area contributed by atoms with E-state index >= 15 is 0 Å². The summed E-state index contributed by atoms with van der Waals surface area (Å²) >= 11 is 0. The van der Waals surface area contributed by atoms with Crippen molar-refractivity contribution < 1.29 is 19.0 Å². The van der Waals surface area contributed by atoms with Gasteiger partial charge in [0.05, 0.1) is 5.57 Å². The number of piperidine rings is 1. The van der Waals surface area contributed by atoms with Gasteiger partial charge in [-0.05, 0) is 55.6 Å². The molecule has 2 aromatic rings. The van der Waals surface area contributed by atoms with Gasteiger partial charge in [0.2, 0.25) is 0 Å². The molecule has 6 heteroatoms. The smallest absolute Gasteiger partial charge is 0.260 e. The Labute approximate surface area is 168 Å². The number of rotatable bonds is 3. The lowest BCUT2D eigenvalue weighted by molar-refractivity contribution is -0.110. The summed E-state index contributed by atoms with van der Waals surface area (Å²) in [5.41, 5.74) is 4.72. The van der Waals surface area contributed by atoms with Gasteiger partial charge in [0, 0.05) is 35.5 Å². The second-order valence-corrected chi connectivity index (χ2v) is 8.03. The number of ether oxygens (including phenoxy) is 1. The molecule has 3 aliphatic heterocycles. The van der Waals surface area contributed by atoms with Gasteiger partial charge in [0.25, 0.3) is 5.91 Å². The van der Waals surface area contributed by atoms with Crippen molar-refractivity contribution in [2.24, 2.45) is 5.92 Å². The topological polar surface area (TPSA) is 61.8 Å². The number of halogens is 1. The van der Waals surface area contributed by atoms with Crippen LogP contribution in [0.4, 0.5) is 10.1 Å². The van der Waals surface area contributed by atoms with Crippen LogP contribution in [0.1, 0.15) is 35.1 Å². The maximum absolute atomic E-state index is 13.7. The lowest BCUT2D eigenvalue weighted by Crippen LogP contribution is -2.34. The standard InChI is InChI=1S/C23H23FN2O3/c24-17-2-4-20-19(10-17)21(23(28)25-20)22-18-3-1-15(9-16(18)13-29-22)11-26-7-5-14(12-27)6-8-26/h1-4,9-10,14,27H,5-8,11-13H2,(H,25,28). The zero-order valence-electron chi connectivity index (χ0n) is 16.1. The fourth-order valence-corrected chi connectivity index (χ4v) is 4.47. The van der Waals surface area contributed by atoms with Crippen molar-refractivity contribution in [2.75, 3.05) is 25.0 Å². The Kier molecular flexibility index (Phi) is 4.60. The molecule has 1 amide bonds. The lowest BCUT2D eigenvalue weighted by atomic mass is 9.96. The molecule has 0 spiro atoms. The van der Waals surface area contributed by atoms with E-state index in [-0.39, 0.29) is 18.3 Å². The van der Waals surface area contributed by atoms with Gasteiger partial charge in [0.15, 0.2) is 0 Å². The predicted molar refractivity (Wildman–Crippen MR) is 108 cm³/mol. The number of likely N-dealkylation sites (tertiary alicyclic amines) is 1. The first-order valence-electron chi connectivity index (χ1n) is 10.1. The van der Waals surface area contributed by atoms with Crippen LogP contribution in [0.25, 0.3) is 11.3 Å². The van der Waals surface area contributed by atoms with Gasteiger partial charge < -0.3 is 15.2 Å². The third-order valence-electron chi connectivity index (χ3n) is 6.11. The highest BCUT2D eigenvalue weighted by Gasteiger charge is 2.33. The van der Waals surface area contributed by atoms with Gasteiger partial charge in [-0.1, -0.05) is 18.2 Å². The summed E-state index contributed by atoms with van der Waals surface area (Å²) in [5, 5.41) is 12.1. The second kappa shape index (κ2) is 7.28. The number of carbonyl (C=O) groups excluding carboxylic acids is 1. The Bertz CT molecular complexity index is 1010. The first-order valence-corrected chi connectivity index (χ1v) is 10.1. The van der Waals surface area contributed by atoms with Crippen molar-refractivity contribution >= 4 is 22.9 Å². The summed E-state index contributed by atoms with van der Waals surface area (Å²) in [6.07, 6.45) is 2.07. The summed E-state index contributed by atoms with van der Waals surface area (Å²) in [6, 6.07) is 10.5. The number of anilines is 1. The first-order chi connectivity index (χ1) is 14.1. The fourth-order valence-electron chi connectivity index (χ4n) is 4.47. The number of benzene rings is 2. The summed E-state index contributed by atoms with van der Waals surface area (Å²) in [7, 11) is 0. The fraction of sp³-hybridized carbons (Fsp3) is 0.348. The Balaban J connectivity index is 1.41. The molecule has 3 aliphatic rings. The highest BCUT2D eigenvalue weighted by molar-refractivity contribution is 6.36. The molecule has 0 atom stereocenters. The number of nitrogens with zero attached hydrogens (tertiary/aromatic N) is 1. The molecular formula is C23H23FN2O3. The molecule has 5 nitrogen and oxygen atoms in total. The monoisotopic (exact) mass is 394 g/mol. The molecule has 0 aromatic heterocycles. The maximum Gasteiger partial charge on any atom is 0.260 e. The van der Waals surface area contributed by atoms with Crippen LogP contribution in [0.2, 0.25) is 0 Å². The molecule has 0 bridgehead atoms. The van der Waals surface area contributed by atoms with Crippen LogP contribution < -0.4 is 5.32 Å². The number of aliphatic hydroxyl groups excluding tert-OH is 1. The zero-order chi connectivity index (χ0) is 20.0. The summed E-state index contributed by atoms with van der Waals surface area (Å²) < 4.78 is 19.6. The Hall–Kier alpha value is -2.70. The lowest BCUT2D eigenvalue weighted by Gasteiger charge is -2.31. The van der Waals surface area contributed by atoms with E-state index in [4.69, 9.17) is 4.74 Å². The third kappa shape index (κ3) is 3.32. The van der Waals surface area contributed by atoms with Crippen molar-refractivity contribution in [1.82, 2.24) is 4.90 Å². The molecule has 29 heavy (non-hydrogen) atoms. The van der Waals surface area contributed by atoms with E-state index in [0.29, 0.717) is 35.1 Å². The first kappa shape index (κ1) is 18.3. The van der Waals surface area contributed by atoms with Crippen LogP contribution in [0.3, 0.4) is 0 Å². The van der Waals surface area contributed by atoms with Crippen LogP contribution in [0.5, 0.6) is 0 Å². The van der Waals surface area contributed by atoms with Crippen molar-refractivity contribution in [3.63, 3.8) is 0 Å². The molecule has 0 radical (unpaired) electrons. The number of nitrogens with one attached hydrogen (secondary N) is 1. The molecule has 150 valence electrons. The number of hydrogen-bond donors (Lipinski definition) is 2. The highest BCUT2D eigenvalue weighted by atomic mass is 19.1. The SMILES string of the molecule is O=C1Nc2ccc(F)cc2C1=C1OCc2cc(CN3CCC(CO)CC3)ccc21. The molecule has 2 N–H and O–H groups in total. The van der Waals surface area contributed by atoms with Gasteiger partial charge in [-0.3, -0.25) is 9.69 Å². The molecule has 0 saturated carbocycles. The molecule has 2 aromatic carbocycles. The molecule has 0 unspecified atom stereocenters. The number of hydrogen-bond acceptors (Lipinski definition) is 4. The molecule has 1 fully saturated rings. The largest absolute Gasteiger partial charge is 0.487 e. The molecule has 3 heterocycles. The van der Waals surface area contributed by atoms with Crippen molar-refractivity contribution in [2.45, 2.75) is 26.0 Å². The van der Waals surface area contributed by atoms with E-state index in [1.54, 1.807) is 6.07 Å². The van der Waals surface area contributed by atoms with Gasteiger partial charge in [-0.25, -0.2) is 4.39 Å². The summed E-state index contributed by atoms with van der Waals surface area (Å²) in [4.78, 5) is 14.9. The average Bonchev–Trinajstić information content (AvgIpc) is 3.27. The van der Waals surface area contributed by atoms with Gasteiger partial charge in [-0.15, -0.1) is 0 Å². The van der Waals surface area contributed by atoms with Crippen LogP contribution in [0, 0.1) is 11.7 Å². The summed E-state index contributed by atoms with van der Waals surface area (Å²) in [5.74, 6) is 0.317. The van der Waals surface area contributed by atoms with E-state index in [9.17, 15) is 14.3 Å². The Morgan fingerprint density at radius 2 is 1.97 bits per heavy atom. The van der Waals surface area contributed by atoms with E-state index in [2.05, 4.69) is 22.3 Å². The highest BCUT2D eigenvalue weighted by Crippen LogP contribution is 2.42. The Morgan fingerprint density at radius 1 is 1.14 bits per heavy atom. The van der Waals surface area contributed by atoms with Crippen LogP contribution in [0.15, 0.2) is 36.4 Å². The number of amides is 1. The van der Waals surface area contributed by atoms with E-state index < -0.39 is 0 Å². The minimum atomic E-state index is -0.378. The van der Waals surface area contributed by atoms with Crippen LogP contribution >= 0.6 is 0 Å². The van der Waals surface area contributed by atoms with Crippen molar-refractivity contribution in [3.8, 4) is 0 Å². The maximum atomic E-state index is 13.7. The average molecular weight is 394 g/mol. The molecule has 1 saturated heterocycles. The number of fused-ring (bicyclic) bond motifs is 2. The molecule has 0 aliphatic carbocycles. The van der Waals surface area contributed by atoms with E-state index in [1.165, 1.54) is 17.7 Å². The minimum Gasteiger partial charge on any atom is -0.487 e. The second-order valence-electron chi connectivity index (χ2n) is 8.03. The predicted octanol–water partition coefficient (Wildman–Crippen LogP) is 3.38. The van der Waals surface area contributed by atoms with Crippen molar-refractivity contribution in [3.05, 3.63) is 64.5 Å². The van der Waals surface area contributed by atoms with E-state index in [1.807, 2.05) is 6.07 Å². The van der Waals surface area contributed by atoms with Gasteiger partial charge in [0.1, 0.15) is 18.2 Å². The molecule has 5 rings (SSSR count). The van der Waals surface area contributed by atoms with Crippen LogP contribution in [-0.2, 0) is 22.7 Å². The van der Waals surface area contributed by atoms with E-state index in [0.717, 1.165) is 43.6 Å². The quantitative estimate of drug-likeness (QED) is 0.784. The zero-order valence-corrected chi connectivity index (χ0v) is 16.1. The van der Waals surface area contributed by atoms with Gasteiger partial charge in [-0.2, -0.15) is 0 Å². The van der Waals surface area contributed by atoms with Crippen LogP contribution in [-0.4, -0.2) is 35.6 Å². The van der Waals surface area contributed by atoms with Crippen molar-refractivity contribution in [1.29, 1.82) is 0 Å². The third-order valence-corrected chi connectivity index (χ3v) is 6.11. The minimum absolute atomic E-state index is 0.260. The Morgan fingerprint density at radius 3 is 2.76 bits per heavy atom.